The molecule has 1 fully saturated rings. The van der Waals surface area contributed by atoms with E-state index in [0.717, 1.165) is 44.1 Å². The predicted octanol–water partition coefficient (Wildman–Crippen LogP) is 4.60. The molecule has 6 heteroatoms. The van der Waals surface area contributed by atoms with Gasteiger partial charge in [-0.15, -0.1) is 0 Å². The Morgan fingerprint density at radius 3 is 2.68 bits per heavy atom. The highest BCUT2D eigenvalue weighted by Crippen LogP contribution is 2.25. The van der Waals surface area contributed by atoms with Crippen LogP contribution < -0.4 is 10.6 Å². The molecule has 138 valence electrons. The van der Waals surface area contributed by atoms with Crippen molar-refractivity contribution in [3.05, 3.63) is 34.3 Å². The molecule has 1 aliphatic carbocycles. The summed E-state index contributed by atoms with van der Waals surface area (Å²) in [6, 6.07) is 5.41. The third-order valence-electron chi connectivity index (χ3n) is 4.48. The monoisotopic (exact) mass is 366 g/mol. The molecule has 1 saturated carbocycles. The fraction of sp³-hybridized carbons (Fsp3) is 0.579. The number of hydrogen-bond acceptors (Lipinski definition) is 3. The van der Waals surface area contributed by atoms with Crippen LogP contribution >= 0.6 is 11.6 Å². The number of hydrogen-bond donors (Lipinski definition) is 2. The van der Waals surface area contributed by atoms with Crippen molar-refractivity contribution >= 4 is 23.6 Å². The maximum absolute atomic E-state index is 12.3. The molecule has 0 radical (unpaired) electrons. The third kappa shape index (κ3) is 5.92. The quantitative estimate of drug-likeness (QED) is 0.693. The number of ether oxygens (including phenoxy) is 1. The Hall–Kier alpha value is -1.75. The van der Waals surface area contributed by atoms with E-state index >= 15 is 0 Å². The normalized spacial score (nSPS) is 15.6. The highest BCUT2D eigenvalue weighted by molar-refractivity contribution is 6.33. The van der Waals surface area contributed by atoms with Crippen molar-refractivity contribution in [1.82, 2.24) is 10.6 Å². The van der Waals surface area contributed by atoms with Crippen molar-refractivity contribution in [3.8, 4) is 0 Å². The summed E-state index contributed by atoms with van der Waals surface area (Å²) in [6.07, 6.45) is 5.42. The third-order valence-corrected chi connectivity index (χ3v) is 4.79. The van der Waals surface area contributed by atoms with Gasteiger partial charge in [-0.25, -0.2) is 4.79 Å². The van der Waals surface area contributed by atoms with E-state index in [4.69, 9.17) is 16.3 Å². The highest BCUT2D eigenvalue weighted by Gasteiger charge is 2.20. The number of unbranched alkanes of at least 4 members (excludes halogenated alkanes) is 1. The zero-order valence-electron chi connectivity index (χ0n) is 14.9. The lowest BCUT2D eigenvalue weighted by atomic mass is 10.1. The molecule has 0 spiro atoms. The number of alkyl carbamates (subject to hydrolysis) is 1. The summed E-state index contributed by atoms with van der Waals surface area (Å²) in [5.74, 6) is -0.144. The van der Waals surface area contributed by atoms with Crippen LogP contribution in [0.15, 0.2) is 18.2 Å². The van der Waals surface area contributed by atoms with Crippen LogP contribution in [0.1, 0.15) is 74.4 Å². The van der Waals surface area contributed by atoms with Gasteiger partial charge in [0.1, 0.15) is 6.10 Å². The Bertz CT molecular complexity index is 600. The second-order valence-corrected chi connectivity index (χ2v) is 6.93. The fourth-order valence-electron chi connectivity index (χ4n) is 2.94. The molecule has 0 heterocycles. The maximum atomic E-state index is 12.3. The molecule has 1 unspecified atom stereocenters. The van der Waals surface area contributed by atoms with Gasteiger partial charge in [0.25, 0.3) is 5.91 Å². The first-order valence-corrected chi connectivity index (χ1v) is 9.43. The van der Waals surface area contributed by atoms with Crippen LogP contribution in [-0.4, -0.2) is 24.6 Å². The van der Waals surface area contributed by atoms with Gasteiger partial charge >= 0.3 is 6.09 Å². The van der Waals surface area contributed by atoms with Crippen LogP contribution in [0.5, 0.6) is 0 Å². The van der Waals surface area contributed by atoms with Crippen molar-refractivity contribution in [2.75, 3.05) is 6.54 Å². The van der Waals surface area contributed by atoms with Crippen molar-refractivity contribution in [3.63, 3.8) is 0 Å². The van der Waals surface area contributed by atoms with Crippen LogP contribution in [0, 0.1) is 0 Å². The van der Waals surface area contributed by atoms with Crippen molar-refractivity contribution in [2.24, 2.45) is 0 Å². The summed E-state index contributed by atoms with van der Waals surface area (Å²) in [7, 11) is 0. The molecular formula is C19H27ClN2O3. The SMILES string of the molecule is CCCCNC(=O)OC(C)c1ccc(C(=O)NC2CCCC2)c(Cl)c1. The topological polar surface area (TPSA) is 67.4 Å². The van der Waals surface area contributed by atoms with E-state index in [9.17, 15) is 9.59 Å². The minimum Gasteiger partial charge on any atom is -0.442 e. The molecule has 1 atom stereocenters. The van der Waals surface area contributed by atoms with Crippen molar-refractivity contribution in [2.45, 2.75) is 64.5 Å². The molecule has 25 heavy (non-hydrogen) atoms. The fourth-order valence-corrected chi connectivity index (χ4v) is 3.21. The molecule has 0 aliphatic heterocycles. The molecule has 2 N–H and O–H groups in total. The summed E-state index contributed by atoms with van der Waals surface area (Å²) < 4.78 is 5.34. The van der Waals surface area contributed by atoms with Gasteiger partial charge in [-0.2, -0.15) is 0 Å². The largest absolute Gasteiger partial charge is 0.442 e. The number of benzene rings is 1. The second-order valence-electron chi connectivity index (χ2n) is 6.52. The summed E-state index contributed by atoms with van der Waals surface area (Å²) in [5, 5.41) is 6.11. The van der Waals surface area contributed by atoms with E-state index in [2.05, 4.69) is 17.6 Å². The number of carbonyl (C=O) groups is 2. The highest BCUT2D eigenvalue weighted by atomic mass is 35.5. The minimum atomic E-state index is -0.444. The lowest BCUT2D eigenvalue weighted by molar-refractivity contribution is 0.0936. The molecule has 0 aromatic heterocycles. The molecule has 1 aromatic carbocycles. The Morgan fingerprint density at radius 1 is 1.32 bits per heavy atom. The number of halogens is 1. The van der Waals surface area contributed by atoms with Gasteiger partial charge in [0.2, 0.25) is 0 Å². The summed E-state index contributed by atoms with van der Waals surface area (Å²) in [4.78, 5) is 24.1. The number of nitrogens with one attached hydrogen (secondary N) is 2. The Balaban J connectivity index is 1.93. The van der Waals surface area contributed by atoms with E-state index < -0.39 is 12.2 Å². The second kappa shape index (κ2) is 9.66. The molecule has 1 aromatic rings. The van der Waals surface area contributed by atoms with Gasteiger partial charge in [0.05, 0.1) is 10.6 Å². The average Bonchev–Trinajstić information content (AvgIpc) is 3.07. The van der Waals surface area contributed by atoms with E-state index in [-0.39, 0.29) is 11.9 Å². The molecule has 0 bridgehead atoms. The Morgan fingerprint density at radius 2 is 2.04 bits per heavy atom. The van der Waals surface area contributed by atoms with E-state index in [1.54, 1.807) is 25.1 Å². The van der Waals surface area contributed by atoms with Crippen LogP contribution in [0.3, 0.4) is 0 Å². The van der Waals surface area contributed by atoms with Gasteiger partial charge in [-0.1, -0.05) is 43.9 Å². The molecular weight excluding hydrogens is 340 g/mol. The molecule has 0 saturated heterocycles. The van der Waals surface area contributed by atoms with Gasteiger partial charge in [0.15, 0.2) is 0 Å². The van der Waals surface area contributed by atoms with Crippen LogP contribution in [0.4, 0.5) is 4.79 Å². The van der Waals surface area contributed by atoms with E-state index in [1.165, 1.54) is 0 Å². The van der Waals surface area contributed by atoms with Gasteiger partial charge in [-0.3, -0.25) is 4.79 Å². The molecule has 5 nitrogen and oxygen atoms in total. The standard InChI is InChI=1S/C19H27ClN2O3/c1-3-4-11-21-19(24)25-13(2)14-9-10-16(17(20)12-14)18(23)22-15-7-5-6-8-15/h9-10,12-13,15H,3-8,11H2,1-2H3,(H,21,24)(H,22,23). The molecule has 2 amide bonds. The predicted molar refractivity (Wildman–Crippen MR) is 99.0 cm³/mol. The van der Waals surface area contributed by atoms with E-state index in [0.29, 0.717) is 17.1 Å². The smallest absolute Gasteiger partial charge is 0.407 e. The Labute approximate surface area is 154 Å². The first-order valence-electron chi connectivity index (χ1n) is 9.06. The molecule has 1 aliphatic rings. The van der Waals surface area contributed by atoms with Gasteiger partial charge in [0, 0.05) is 12.6 Å². The first kappa shape index (κ1) is 19.6. The van der Waals surface area contributed by atoms with Crippen molar-refractivity contribution in [1.29, 1.82) is 0 Å². The lowest BCUT2D eigenvalue weighted by Crippen LogP contribution is -2.32. The number of rotatable bonds is 7. The summed E-state index contributed by atoms with van der Waals surface area (Å²) >= 11 is 6.28. The lowest BCUT2D eigenvalue weighted by Gasteiger charge is -2.16. The summed E-state index contributed by atoms with van der Waals surface area (Å²) in [6.45, 7) is 4.44. The van der Waals surface area contributed by atoms with Crippen molar-refractivity contribution < 1.29 is 14.3 Å². The minimum absolute atomic E-state index is 0.144. The Kier molecular flexibility index (Phi) is 7.56. The van der Waals surface area contributed by atoms with E-state index in [1.807, 2.05) is 0 Å². The van der Waals surface area contributed by atoms with Crippen LogP contribution in [0.25, 0.3) is 0 Å². The first-order chi connectivity index (χ1) is 12.0. The zero-order valence-corrected chi connectivity index (χ0v) is 15.7. The summed E-state index contributed by atoms with van der Waals surface area (Å²) in [5.41, 5.74) is 1.21. The van der Waals surface area contributed by atoms with Crippen LogP contribution in [-0.2, 0) is 4.74 Å². The van der Waals surface area contributed by atoms with Crippen LogP contribution in [0.2, 0.25) is 5.02 Å². The number of amides is 2. The molecule has 2 rings (SSSR count). The maximum Gasteiger partial charge on any atom is 0.407 e. The van der Waals surface area contributed by atoms with Gasteiger partial charge < -0.3 is 15.4 Å². The van der Waals surface area contributed by atoms with Gasteiger partial charge in [-0.05, 0) is 43.9 Å². The average molecular weight is 367 g/mol. The zero-order chi connectivity index (χ0) is 18.2. The number of carbonyl (C=O) groups excluding carboxylic acids is 2.